The zero-order valence-electron chi connectivity index (χ0n) is 9.80. The molecule has 1 aliphatic heterocycles. The normalized spacial score (nSPS) is 21.3. The van der Waals surface area contributed by atoms with Gasteiger partial charge in [0.1, 0.15) is 6.10 Å². The monoisotopic (exact) mass is 265 g/mol. The Hall–Kier alpha value is -0.700. The number of aliphatic hydroxyl groups is 1. The smallest absolute Gasteiger partial charge is 0.279 e. The number of hydrogen-bond donors (Lipinski definition) is 3. The van der Waals surface area contributed by atoms with E-state index in [9.17, 15) is 13.2 Å². The first-order valence-corrected chi connectivity index (χ1v) is 6.99. The lowest BCUT2D eigenvalue weighted by Gasteiger charge is -2.29. The second-order valence-corrected chi connectivity index (χ2v) is 6.11. The van der Waals surface area contributed by atoms with Crippen LogP contribution in [-0.2, 0) is 15.0 Å². The summed E-state index contributed by atoms with van der Waals surface area (Å²) in [5, 5.41) is 9.11. The quantitative estimate of drug-likeness (QED) is 0.555. The van der Waals surface area contributed by atoms with Gasteiger partial charge in [-0.15, -0.1) is 0 Å². The summed E-state index contributed by atoms with van der Waals surface area (Å²) in [5.74, 6) is -0.419. The van der Waals surface area contributed by atoms with Crippen molar-refractivity contribution in [1.82, 2.24) is 9.03 Å². The van der Waals surface area contributed by atoms with Gasteiger partial charge in [-0.3, -0.25) is 4.79 Å². The van der Waals surface area contributed by atoms with Crippen molar-refractivity contribution >= 4 is 16.1 Å². The van der Waals surface area contributed by atoms with E-state index in [0.717, 1.165) is 12.8 Å². The van der Waals surface area contributed by atoms with Crippen molar-refractivity contribution in [3.05, 3.63) is 0 Å². The number of carbonyl (C=O) groups excluding carboxylic acids is 1. The lowest BCUT2D eigenvalue weighted by molar-refractivity contribution is -0.125. The Balaban J connectivity index is 2.48. The largest absolute Gasteiger partial charge is 0.382 e. The molecule has 0 bridgehead atoms. The summed E-state index contributed by atoms with van der Waals surface area (Å²) in [4.78, 5) is 10.6. The number of hydrogen-bond acceptors (Lipinski definition) is 4. The van der Waals surface area contributed by atoms with E-state index in [1.54, 1.807) is 0 Å². The first-order valence-electron chi connectivity index (χ1n) is 5.55. The molecule has 1 atom stereocenters. The van der Waals surface area contributed by atoms with Gasteiger partial charge >= 0.3 is 0 Å². The third-order valence-electron chi connectivity index (χ3n) is 2.87. The first-order chi connectivity index (χ1) is 7.83. The third kappa shape index (κ3) is 4.23. The number of primary amides is 1. The minimum Gasteiger partial charge on any atom is -0.382 e. The maximum atomic E-state index is 11.8. The number of piperidine rings is 1. The van der Waals surface area contributed by atoms with Gasteiger partial charge in [0.05, 0.1) is 0 Å². The molecule has 1 heterocycles. The zero-order valence-corrected chi connectivity index (χ0v) is 10.6. The molecule has 8 heteroatoms. The van der Waals surface area contributed by atoms with Crippen LogP contribution in [0.1, 0.15) is 19.8 Å². The highest BCUT2D eigenvalue weighted by Crippen LogP contribution is 2.17. The maximum Gasteiger partial charge on any atom is 0.279 e. The van der Waals surface area contributed by atoms with Gasteiger partial charge < -0.3 is 10.8 Å². The van der Waals surface area contributed by atoms with E-state index in [-0.39, 0.29) is 6.54 Å². The van der Waals surface area contributed by atoms with E-state index in [0.29, 0.717) is 19.0 Å². The minimum absolute atomic E-state index is 0.385. The van der Waals surface area contributed by atoms with Crippen molar-refractivity contribution in [1.29, 1.82) is 0 Å². The molecule has 0 radical (unpaired) electrons. The molecule has 0 aromatic rings. The van der Waals surface area contributed by atoms with Gasteiger partial charge in [-0.05, 0) is 18.8 Å². The standard InChI is InChI=1S/C9H19N3O4S/c1-7-2-4-12(5-3-7)17(15,16)11-6-8(13)9(10)14/h7-8,11,13H,2-6H2,1H3,(H2,10,14). The number of rotatable bonds is 5. The molecule has 0 aliphatic carbocycles. The van der Waals surface area contributed by atoms with Crippen molar-refractivity contribution < 1.29 is 18.3 Å². The molecule has 4 N–H and O–H groups in total. The lowest BCUT2D eigenvalue weighted by atomic mass is 10.0. The molecule has 0 spiro atoms. The summed E-state index contributed by atoms with van der Waals surface area (Å²) < 4.78 is 27.0. The topological polar surface area (TPSA) is 113 Å². The van der Waals surface area contributed by atoms with Gasteiger partial charge in [0, 0.05) is 19.6 Å². The molecular formula is C9H19N3O4S. The fraction of sp³-hybridized carbons (Fsp3) is 0.889. The van der Waals surface area contributed by atoms with Crippen LogP contribution in [0.25, 0.3) is 0 Å². The van der Waals surface area contributed by atoms with E-state index >= 15 is 0 Å². The molecule has 1 fully saturated rings. The molecule has 1 amide bonds. The number of nitrogens with zero attached hydrogens (tertiary/aromatic N) is 1. The Morgan fingerprint density at radius 1 is 1.53 bits per heavy atom. The van der Waals surface area contributed by atoms with Crippen LogP contribution in [-0.4, -0.2) is 49.5 Å². The highest BCUT2D eigenvalue weighted by Gasteiger charge is 2.27. The van der Waals surface area contributed by atoms with Gasteiger partial charge in [-0.1, -0.05) is 6.92 Å². The molecule has 1 saturated heterocycles. The number of aliphatic hydroxyl groups excluding tert-OH is 1. The predicted molar refractivity (Wildman–Crippen MR) is 62.1 cm³/mol. The van der Waals surface area contributed by atoms with Crippen LogP contribution in [0.4, 0.5) is 0 Å². The second-order valence-electron chi connectivity index (χ2n) is 4.35. The molecule has 17 heavy (non-hydrogen) atoms. The molecule has 1 rings (SSSR count). The average molecular weight is 265 g/mol. The van der Waals surface area contributed by atoms with Gasteiger partial charge in [0.2, 0.25) is 5.91 Å². The summed E-state index contributed by atoms with van der Waals surface area (Å²) in [6.45, 7) is 2.62. The fourth-order valence-electron chi connectivity index (χ4n) is 1.60. The van der Waals surface area contributed by atoms with Crippen LogP contribution in [0.15, 0.2) is 0 Å². The van der Waals surface area contributed by atoms with E-state index in [1.807, 2.05) is 0 Å². The van der Waals surface area contributed by atoms with Gasteiger partial charge in [-0.25, -0.2) is 0 Å². The summed E-state index contributed by atoms with van der Waals surface area (Å²) in [6.07, 6.45) is 0.145. The summed E-state index contributed by atoms with van der Waals surface area (Å²) in [7, 11) is -3.62. The van der Waals surface area contributed by atoms with Crippen LogP contribution in [0.3, 0.4) is 0 Å². The van der Waals surface area contributed by atoms with Crippen molar-refractivity contribution in [3.8, 4) is 0 Å². The van der Waals surface area contributed by atoms with Crippen LogP contribution in [0, 0.1) is 5.92 Å². The van der Waals surface area contributed by atoms with Crippen molar-refractivity contribution in [2.75, 3.05) is 19.6 Å². The highest BCUT2D eigenvalue weighted by atomic mass is 32.2. The Kier molecular flexibility index (Phi) is 4.87. The van der Waals surface area contributed by atoms with Crippen LogP contribution in [0.5, 0.6) is 0 Å². The van der Waals surface area contributed by atoms with Gasteiger partial charge in [0.15, 0.2) is 0 Å². The lowest BCUT2D eigenvalue weighted by Crippen LogP contribution is -2.48. The average Bonchev–Trinajstić information content (AvgIpc) is 2.26. The summed E-state index contributed by atoms with van der Waals surface area (Å²) in [5.41, 5.74) is 4.82. The third-order valence-corrected chi connectivity index (χ3v) is 4.45. The molecule has 1 unspecified atom stereocenters. The van der Waals surface area contributed by atoms with Crippen molar-refractivity contribution in [2.24, 2.45) is 11.7 Å². The number of amides is 1. The zero-order chi connectivity index (χ0) is 13.1. The van der Waals surface area contributed by atoms with Crippen molar-refractivity contribution in [2.45, 2.75) is 25.9 Å². The number of carbonyl (C=O) groups is 1. The molecule has 100 valence electrons. The number of nitrogens with two attached hydrogens (primary N) is 1. The molecular weight excluding hydrogens is 246 g/mol. The molecule has 7 nitrogen and oxygen atoms in total. The van der Waals surface area contributed by atoms with Crippen LogP contribution >= 0.6 is 0 Å². The van der Waals surface area contributed by atoms with Crippen LogP contribution in [0.2, 0.25) is 0 Å². The van der Waals surface area contributed by atoms with Crippen LogP contribution < -0.4 is 10.5 Å². The highest BCUT2D eigenvalue weighted by molar-refractivity contribution is 7.87. The molecule has 1 aliphatic rings. The van der Waals surface area contributed by atoms with E-state index < -0.39 is 22.2 Å². The Morgan fingerprint density at radius 3 is 2.53 bits per heavy atom. The first kappa shape index (κ1) is 14.4. The molecule has 0 aromatic carbocycles. The van der Waals surface area contributed by atoms with E-state index in [2.05, 4.69) is 11.6 Å². The Labute approximate surface area is 101 Å². The molecule has 0 aromatic heterocycles. The van der Waals surface area contributed by atoms with Gasteiger partial charge in [0.25, 0.3) is 10.2 Å². The number of nitrogens with one attached hydrogen (secondary N) is 1. The SMILES string of the molecule is CC1CCN(S(=O)(=O)NCC(O)C(N)=O)CC1. The van der Waals surface area contributed by atoms with Gasteiger partial charge in [-0.2, -0.15) is 17.4 Å². The second kappa shape index (κ2) is 5.76. The van der Waals surface area contributed by atoms with E-state index in [4.69, 9.17) is 10.8 Å². The summed E-state index contributed by atoms with van der Waals surface area (Å²) in [6, 6.07) is 0. The molecule has 0 saturated carbocycles. The predicted octanol–water partition coefficient (Wildman–Crippen LogP) is -1.60. The Bertz CT molecular complexity index is 362. The minimum atomic E-state index is -3.62. The summed E-state index contributed by atoms with van der Waals surface area (Å²) >= 11 is 0. The van der Waals surface area contributed by atoms with E-state index in [1.165, 1.54) is 4.31 Å². The Morgan fingerprint density at radius 2 is 2.06 bits per heavy atom. The maximum absolute atomic E-state index is 11.8. The van der Waals surface area contributed by atoms with Crippen molar-refractivity contribution in [3.63, 3.8) is 0 Å². The fourth-order valence-corrected chi connectivity index (χ4v) is 2.84.